The number of hydrogen-bond acceptors (Lipinski definition) is 2. The van der Waals surface area contributed by atoms with Gasteiger partial charge in [0.15, 0.2) is 0 Å². The molecular formula is C16H17N3O2. The van der Waals surface area contributed by atoms with Gasteiger partial charge in [0.2, 0.25) is 5.91 Å². The lowest BCUT2D eigenvalue weighted by atomic mass is 10.0. The quantitative estimate of drug-likeness (QED) is 0.845. The van der Waals surface area contributed by atoms with Gasteiger partial charge in [-0.1, -0.05) is 54.6 Å². The Hall–Kier alpha value is -2.82. The molecule has 0 bridgehead atoms. The second-order valence-corrected chi connectivity index (χ2v) is 4.67. The Morgan fingerprint density at radius 2 is 1.57 bits per heavy atom. The third kappa shape index (κ3) is 4.07. The van der Waals surface area contributed by atoms with Gasteiger partial charge < -0.3 is 5.73 Å². The molecular weight excluding hydrogens is 266 g/mol. The van der Waals surface area contributed by atoms with Crippen LogP contribution < -0.4 is 11.2 Å². The maximum absolute atomic E-state index is 11.7. The van der Waals surface area contributed by atoms with Crippen LogP contribution in [0.1, 0.15) is 5.56 Å². The maximum atomic E-state index is 11.7. The number of nitrogens with one attached hydrogen (secondary N) is 1. The van der Waals surface area contributed by atoms with Crippen LogP contribution in [0.2, 0.25) is 0 Å². The molecule has 0 saturated heterocycles. The van der Waals surface area contributed by atoms with Gasteiger partial charge in [-0.15, -0.1) is 0 Å². The Balaban J connectivity index is 2.00. The number of urea groups is 1. The molecule has 2 aromatic carbocycles. The summed E-state index contributed by atoms with van der Waals surface area (Å²) in [7, 11) is 1.40. The highest BCUT2D eigenvalue weighted by molar-refractivity contribution is 5.82. The van der Waals surface area contributed by atoms with Crippen LogP contribution in [0, 0.1) is 0 Å². The summed E-state index contributed by atoms with van der Waals surface area (Å²) in [5.41, 5.74) is 10.5. The third-order valence-corrected chi connectivity index (χ3v) is 3.05. The first-order chi connectivity index (χ1) is 10.1. The van der Waals surface area contributed by atoms with Crippen molar-refractivity contribution in [3.63, 3.8) is 0 Å². The van der Waals surface area contributed by atoms with E-state index in [1.807, 2.05) is 54.6 Å². The molecule has 2 aromatic rings. The highest BCUT2D eigenvalue weighted by Crippen LogP contribution is 2.19. The Bertz CT molecular complexity index is 624. The molecule has 3 N–H and O–H groups in total. The predicted octanol–water partition coefficient (Wildman–Crippen LogP) is 1.94. The highest BCUT2D eigenvalue weighted by Gasteiger charge is 2.08. The molecule has 2 rings (SSSR count). The van der Waals surface area contributed by atoms with Gasteiger partial charge in [-0.05, 0) is 16.7 Å². The van der Waals surface area contributed by atoms with Crippen LogP contribution in [0.5, 0.6) is 0 Å². The number of amides is 3. The minimum absolute atomic E-state index is 0.187. The van der Waals surface area contributed by atoms with Gasteiger partial charge in [0.1, 0.15) is 0 Å². The SMILES string of the molecule is CN(NC(=O)Cc1ccc(-c2ccccc2)cc1)C(N)=O. The monoisotopic (exact) mass is 283 g/mol. The van der Waals surface area contributed by atoms with Gasteiger partial charge >= 0.3 is 6.03 Å². The van der Waals surface area contributed by atoms with Crippen molar-refractivity contribution in [1.82, 2.24) is 10.4 Å². The van der Waals surface area contributed by atoms with Crippen LogP contribution in [-0.4, -0.2) is 24.0 Å². The van der Waals surface area contributed by atoms with Gasteiger partial charge in [-0.3, -0.25) is 10.2 Å². The molecule has 21 heavy (non-hydrogen) atoms. The average Bonchev–Trinajstić information content (AvgIpc) is 2.48. The third-order valence-electron chi connectivity index (χ3n) is 3.05. The van der Waals surface area contributed by atoms with E-state index in [4.69, 9.17) is 5.73 Å². The van der Waals surface area contributed by atoms with Crippen molar-refractivity contribution in [3.8, 4) is 11.1 Å². The molecule has 5 nitrogen and oxygen atoms in total. The Kier molecular flexibility index (Phi) is 4.56. The lowest BCUT2D eigenvalue weighted by Gasteiger charge is -2.15. The standard InChI is InChI=1S/C16H17N3O2/c1-19(16(17)21)18-15(20)11-12-7-9-14(10-8-12)13-5-3-2-4-6-13/h2-10H,11H2,1H3,(H2,17,21)(H,18,20). The molecule has 0 aliphatic rings. The van der Waals surface area contributed by atoms with Gasteiger partial charge in [-0.25, -0.2) is 9.80 Å². The van der Waals surface area contributed by atoms with Gasteiger partial charge in [0, 0.05) is 7.05 Å². The van der Waals surface area contributed by atoms with Crippen molar-refractivity contribution in [2.75, 3.05) is 7.05 Å². The molecule has 0 heterocycles. The predicted molar refractivity (Wildman–Crippen MR) is 81.1 cm³/mol. The number of benzene rings is 2. The van der Waals surface area contributed by atoms with Crippen LogP contribution in [0.3, 0.4) is 0 Å². The zero-order chi connectivity index (χ0) is 15.2. The number of nitrogens with two attached hydrogens (primary N) is 1. The summed E-state index contributed by atoms with van der Waals surface area (Å²) in [5.74, 6) is -0.288. The van der Waals surface area contributed by atoms with Crippen LogP contribution in [0.15, 0.2) is 54.6 Å². The van der Waals surface area contributed by atoms with Gasteiger partial charge in [-0.2, -0.15) is 0 Å². The second-order valence-electron chi connectivity index (χ2n) is 4.67. The first-order valence-corrected chi connectivity index (χ1v) is 6.53. The van der Waals surface area contributed by atoms with Crippen molar-refractivity contribution in [2.45, 2.75) is 6.42 Å². The number of hydrazine groups is 1. The first kappa shape index (κ1) is 14.6. The summed E-state index contributed by atoms with van der Waals surface area (Å²) in [6, 6.07) is 17.0. The van der Waals surface area contributed by atoms with E-state index >= 15 is 0 Å². The normalized spacial score (nSPS) is 9.95. The van der Waals surface area contributed by atoms with E-state index in [0.717, 1.165) is 21.7 Å². The molecule has 3 amide bonds. The largest absolute Gasteiger partial charge is 0.350 e. The number of carbonyl (C=O) groups excluding carboxylic acids is 2. The van der Waals surface area contributed by atoms with E-state index in [1.54, 1.807) is 0 Å². The fourth-order valence-electron chi connectivity index (χ4n) is 1.91. The Labute approximate surface area is 123 Å². The van der Waals surface area contributed by atoms with E-state index in [2.05, 4.69) is 5.43 Å². The lowest BCUT2D eigenvalue weighted by molar-refractivity contribution is -0.123. The van der Waals surface area contributed by atoms with Crippen molar-refractivity contribution < 1.29 is 9.59 Å². The zero-order valence-electron chi connectivity index (χ0n) is 11.7. The van der Waals surface area contributed by atoms with Crippen molar-refractivity contribution in [2.24, 2.45) is 5.73 Å². The summed E-state index contributed by atoms with van der Waals surface area (Å²) < 4.78 is 0. The molecule has 0 saturated carbocycles. The molecule has 0 fully saturated rings. The van der Waals surface area contributed by atoms with Crippen LogP contribution in [0.25, 0.3) is 11.1 Å². The van der Waals surface area contributed by atoms with E-state index in [9.17, 15) is 9.59 Å². The fourth-order valence-corrected chi connectivity index (χ4v) is 1.91. The summed E-state index contributed by atoms with van der Waals surface area (Å²) in [6.07, 6.45) is 0.187. The van der Waals surface area contributed by atoms with Crippen LogP contribution >= 0.6 is 0 Å². The maximum Gasteiger partial charge on any atom is 0.333 e. The number of hydrogen-bond donors (Lipinski definition) is 2. The Morgan fingerprint density at radius 1 is 1.00 bits per heavy atom. The lowest BCUT2D eigenvalue weighted by Crippen LogP contribution is -2.46. The van der Waals surface area contributed by atoms with E-state index in [-0.39, 0.29) is 12.3 Å². The summed E-state index contributed by atoms with van der Waals surface area (Å²) in [6.45, 7) is 0. The molecule has 0 aliphatic heterocycles. The van der Waals surface area contributed by atoms with Crippen LogP contribution in [-0.2, 0) is 11.2 Å². The average molecular weight is 283 g/mol. The fraction of sp³-hybridized carbons (Fsp3) is 0.125. The van der Waals surface area contributed by atoms with Crippen LogP contribution in [0.4, 0.5) is 4.79 Å². The number of nitrogens with zero attached hydrogens (tertiary/aromatic N) is 1. The Morgan fingerprint density at radius 3 is 2.14 bits per heavy atom. The number of rotatable bonds is 3. The molecule has 0 atom stereocenters. The zero-order valence-corrected chi connectivity index (χ0v) is 11.7. The summed E-state index contributed by atoms with van der Waals surface area (Å²) in [4.78, 5) is 22.5. The van der Waals surface area contributed by atoms with Gasteiger partial charge in [0.05, 0.1) is 6.42 Å². The molecule has 0 spiro atoms. The van der Waals surface area contributed by atoms with Crippen molar-refractivity contribution >= 4 is 11.9 Å². The molecule has 0 unspecified atom stereocenters. The second kappa shape index (κ2) is 6.56. The highest BCUT2D eigenvalue weighted by atomic mass is 16.2. The van der Waals surface area contributed by atoms with Crippen molar-refractivity contribution in [3.05, 3.63) is 60.2 Å². The number of primary amides is 1. The minimum atomic E-state index is -0.706. The smallest absolute Gasteiger partial charge is 0.333 e. The van der Waals surface area contributed by atoms with Gasteiger partial charge in [0.25, 0.3) is 0 Å². The van der Waals surface area contributed by atoms with Crippen molar-refractivity contribution in [1.29, 1.82) is 0 Å². The van der Waals surface area contributed by atoms with E-state index in [0.29, 0.717) is 0 Å². The number of carbonyl (C=O) groups is 2. The minimum Gasteiger partial charge on any atom is -0.350 e. The molecule has 5 heteroatoms. The van der Waals surface area contributed by atoms with E-state index < -0.39 is 6.03 Å². The molecule has 0 radical (unpaired) electrons. The summed E-state index contributed by atoms with van der Waals surface area (Å²) in [5, 5.41) is 0.959. The van der Waals surface area contributed by atoms with E-state index in [1.165, 1.54) is 7.05 Å². The summed E-state index contributed by atoms with van der Waals surface area (Å²) >= 11 is 0. The molecule has 108 valence electrons. The molecule has 0 aromatic heterocycles. The molecule has 0 aliphatic carbocycles. The first-order valence-electron chi connectivity index (χ1n) is 6.53. The topological polar surface area (TPSA) is 75.4 Å².